The van der Waals surface area contributed by atoms with Crippen molar-refractivity contribution in [1.29, 1.82) is 0 Å². The van der Waals surface area contributed by atoms with Gasteiger partial charge in [0.05, 0.1) is 5.52 Å². The fourth-order valence-corrected chi connectivity index (χ4v) is 1.96. The predicted molar refractivity (Wildman–Crippen MR) is 70.6 cm³/mol. The van der Waals surface area contributed by atoms with Crippen LogP contribution >= 0.6 is 0 Å². The lowest BCUT2D eigenvalue weighted by Crippen LogP contribution is -1.90. The zero-order chi connectivity index (χ0) is 12.7. The van der Waals surface area contributed by atoms with E-state index in [0.717, 1.165) is 16.8 Å². The summed E-state index contributed by atoms with van der Waals surface area (Å²) in [6, 6.07) is 10.5. The molecule has 1 aromatic heterocycles. The Labute approximate surface area is 103 Å². The van der Waals surface area contributed by atoms with Crippen LogP contribution in [0.3, 0.4) is 0 Å². The lowest BCUT2D eigenvalue weighted by molar-refractivity contribution is 0.637. The molecule has 0 saturated carbocycles. The van der Waals surface area contributed by atoms with Gasteiger partial charge in [-0.1, -0.05) is 6.07 Å². The fourth-order valence-electron chi connectivity index (χ4n) is 1.96. The number of imidazole rings is 1. The average Bonchev–Trinajstić information content (AvgIpc) is 2.78. The van der Waals surface area contributed by atoms with Gasteiger partial charge in [-0.25, -0.2) is 9.37 Å². The van der Waals surface area contributed by atoms with Gasteiger partial charge in [-0.3, -0.25) is 0 Å². The van der Waals surface area contributed by atoms with E-state index in [1.165, 1.54) is 6.07 Å². The van der Waals surface area contributed by atoms with Crippen LogP contribution in [-0.4, -0.2) is 9.97 Å². The van der Waals surface area contributed by atoms with Crippen LogP contribution in [-0.2, 0) is 0 Å². The van der Waals surface area contributed by atoms with Crippen LogP contribution in [0.1, 0.15) is 5.56 Å². The summed E-state index contributed by atoms with van der Waals surface area (Å²) in [5.41, 5.74) is 9.45. The van der Waals surface area contributed by atoms with Crippen LogP contribution in [0.5, 0.6) is 0 Å². The summed E-state index contributed by atoms with van der Waals surface area (Å²) in [5, 5.41) is 0. The molecule has 3 rings (SSSR count). The van der Waals surface area contributed by atoms with E-state index >= 15 is 0 Å². The van der Waals surface area contributed by atoms with Gasteiger partial charge >= 0.3 is 0 Å². The highest BCUT2D eigenvalue weighted by Gasteiger charge is 2.09. The number of hydrogen-bond acceptors (Lipinski definition) is 2. The number of nitrogens with zero attached hydrogens (tertiary/aromatic N) is 1. The third-order valence-corrected chi connectivity index (χ3v) is 3.01. The SMILES string of the molecule is Cc1cc(-c2nc3c(F)cccc3[nH]2)ccc1N. The minimum atomic E-state index is -0.317. The molecule has 3 nitrogen and oxygen atoms in total. The summed E-state index contributed by atoms with van der Waals surface area (Å²) in [4.78, 5) is 7.39. The molecule has 0 unspecified atom stereocenters. The van der Waals surface area contributed by atoms with E-state index in [9.17, 15) is 4.39 Å². The normalized spacial score (nSPS) is 11.0. The minimum absolute atomic E-state index is 0.317. The number of aromatic amines is 1. The van der Waals surface area contributed by atoms with E-state index in [2.05, 4.69) is 9.97 Å². The fraction of sp³-hybridized carbons (Fsp3) is 0.0714. The van der Waals surface area contributed by atoms with E-state index < -0.39 is 0 Å². The molecule has 0 saturated heterocycles. The monoisotopic (exact) mass is 241 g/mol. The van der Waals surface area contributed by atoms with Crippen molar-refractivity contribution in [1.82, 2.24) is 9.97 Å². The molecule has 0 atom stereocenters. The molecule has 0 aliphatic rings. The van der Waals surface area contributed by atoms with Crippen LogP contribution in [0.25, 0.3) is 22.4 Å². The van der Waals surface area contributed by atoms with Gasteiger partial charge in [0.25, 0.3) is 0 Å². The summed E-state index contributed by atoms with van der Waals surface area (Å²) in [6.07, 6.45) is 0. The smallest absolute Gasteiger partial charge is 0.151 e. The molecule has 18 heavy (non-hydrogen) atoms. The van der Waals surface area contributed by atoms with Crippen molar-refractivity contribution in [2.45, 2.75) is 6.92 Å². The third-order valence-electron chi connectivity index (χ3n) is 3.01. The van der Waals surface area contributed by atoms with Crippen LogP contribution in [0, 0.1) is 12.7 Å². The quantitative estimate of drug-likeness (QED) is 0.642. The van der Waals surface area contributed by atoms with Crippen LogP contribution < -0.4 is 5.73 Å². The number of para-hydroxylation sites is 1. The lowest BCUT2D eigenvalue weighted by Gasteiger charge is -2.01. The van der Waals surface area contributed by atoms with Gasteiger partial charge in [0.2, 0.25) is 0 Å². The number of hydrogen-bond donors (Lipinski definition) is 2. The summed E-state index contributed by atoms with van der Waals surface area (Å²) in [5.74, 6) is 0.334. The second-order valence-corrected chi connectivity index (χ2v) is 4.29. The maximum atomic E-state index is 13.6. The summed E-state index contributed by atoms with van der Waals surface area (Å²) >= 11 is 0. The first-order valence-electron chi connectivity index (χ1n) is 5.66. The molecule has 3 N–H and O–H groups in total. The number of halogens is 1. The largest absolute Gasteiger partial charge is 0.399 e. The van der Waals surface area contributed by atoms with Gasteiger partial charge in [0.15, 0.2) is 5.82 Å². The first-order chi connectivity index (χ1) is 8.65. The second kappa shape index (κ2) is 3.84. The highest BCUT2D eigenvalue weighted by atomic mass is 19.1. The number of H-pyrrole nitrogens is 1. The van der Waals surface area contributed by atoms with E-state index in [4.69, 9.17) is 5.73 Å². The van der Waals surface area contributed by atoms with Crippen molar-refractivity contribution in [2.75, 3.05) is 5.73 Å². The number of anilines is 1. The van der Waals surface area contributed by atoms with E-state index in [1.807, 2.05) is 25.1 Å². The van der Waals surface area contributed by atoms with Gasteiger partial charge in [-0.15, -0.1) is 0 Å². The number of fused-ring (bicyclic) bond motifs is 1. The first kappa shape index (κ1) is 10.8. The number of nitrogen functional groups attached to an aromatic ring is 1. The predicted octanol–water partition coefficient (Wildman–Crippen LogP) is 3.26. The Morgan fingerprint density at radius 2 is 2.06 bits per heavy atom. The average molecular weight is 241 g/mol. The minimum Gasteiger partial charge on any atom is -0.399 e. The van der Waals surface area contributed by atoms with E-state index in [0.29, 0.717) is 16.9 Å². The molecule has 1 heterocycles. The molecule has 0 fully saturated rings. The molecular formula is C14H12FN3. The molecule has 0 radical (unpaired) electrons. The second-order valence-electron chi connectivity index (χ2n) is 4.29. The Kier molecular flexibility index (Phi) is 2.30. The molecule has 3 aromatic rings. The topological polar surface area (TPSA) is 54.7 Å². The highest BCUT2D eigenvalue weighted by molar-refractivity contribution is 5.80. The molecule has 0 bridgehead atoms. The molecule has 4 heteroatoms. The standard InChI is InChI=1S/C14H12FN3/c1-8-7-9(5-6-11(8)16)14-17-12-4-2-3-10(15)13(12)18-14/h2-7H,16H2,1H3,(H,17,18). The van der Waals surface area contributed by atoms with Crippen molar-refractivity contribution in [3.05, 3.63) is 47.8 Å². The zero-order valence-electron chi connectivity index (χ0n) is 9.87. The van der Waals surface area contributed by atoms with Gasteiger partial charge in [-0.2, -0.15) is 0 Å². The van der Waals surface area contributed by atoms with Gasteiger partial charge < -0.3 is 10.7 Å². The molecular weight excluding hydrogens is 229 g/mol. The van der Waals surface area contributed by atoms with E-state index in [1.54, 1.807) is 12.1 Å². The molecule has 2 aromatic carbocycles. The van der Waals surface area contributed by atoms with Crippen molar-refractivity contribution < 1.29 is 4.39 Å². The molecule has 0 aliphatic heterocycles. The van der Waals surface area contributed by atoms with Crippen LogP contribution in [0.4, 0.5) is 10.1 Å². The van der Waals surface area contributed by atoms with Crippen molar-refractivity contribution in [3.63, 3.8) is 0 Å². The molecule has 0 amide bonds. The summed E-state index contributed by atoms with van der Waals surface area (Å²) in [6.45, 7) is 1.93. The van der Waals surface area contributed by atoms with Crippen LogP contribution in [0.15, 0.2) is 36.4 Å². The molecule has 0 aliphatic carbocycles. The maximum absolute atomic E-state index is 13.6. The Hall–Kier alpha value is -2.36. The molecule has 0 spiro atoms. The van der Waals surface area contributed by atoms with Crippen molar-refractivity contribution >= 4 is 16.7 Å². The summed E-state index contributed by atoms with van der Waals surface area (Å²) in [7, 11) is 0. The Morgan fingerprint density at radius 1 is 1.22 bits per heavy atom. The summed E-state index contributed by atoms with van der Waals surface area (Å²) < 4.78 is 13.6. The van der Waals surface area contributed by atoms with Gasteiger partial charge in [-0.05, 0) is 42.8 Å². The van der Waals surface area contributed by atoms with Crippen molar-refractivity contribution in [2.24, 2.45) is 0 Å². The first-order valence-corrected chi connectivity index (χ1v) is 5.66. The Morgan fingerprint density at radius 3 is 2.78 bits per heavy atom. The number of rotatable bonds is 1. The van der Waals surface area contributed by atoms with Crippen molar-refractivity contribution in [3.8, 4) is 11.4 Å². The van der Waals surface area contributed by atoms with Crippen LogP contribution in [0.2, 0.25) is 0 Å². The number of nitrogens with two attached hydrogens (primary N) is 1. The Balaban J connectivity index is 2.19. The maximum Gasteiger partial charge on any atom is 0.151 e. The Bertz CT molecular complexity index is 731. The number of aromatic nitrogens is 2. The number of aryl methyl sites for hydroxylation is 1. The highest BCUT2D eigenvalue weighted by Crippen LogP contribution is 2.24. The number of benzene rings is 2. The third kappa shape index (κ3) is 1.62. The number of nitrogens with one attached hydrogen (secondary N) is 1. The van der Waals surface area contributed by atoms with E-state index in [-0.39, 0.29) is 5.82 Å². The lowest BCUT2D eigenvalue weighted by atomic mass is 10.1. The zero-order valence-corrected chi connectivity index (χ0v) is 9.87. The molecule has 90 valence electrons. The van der Waals surface area contributed by atoms with Gasteiger partial charge in [0.1, 0.15) is 11.3 Å². The van der Waals surface area contributed by atoms with Gasteiger partial charge in [0, 0.05) is 11.3 Å².